The minimum absolute atomic E-state index is 0.146. The summed E-state index contributed by atoms with van der Waals surface area (Å²) in [6.45, 7) is 5.52. The third-order valence-corrected chi connectivity index (χ3v) is 2.97. The molecule has 0 aliphatic carbocycles. The summed E-state index contributed by atoms with van der Waals surface area (Å²) in [5.41, 5.74) is 1.35. The molecule has 1 unspecified atom stereocenters. The molecule has 0 spiro atoms. The van der Waals surface area contributed by atoms with Crippen molar-refractivity contribution in [2.24, 2.45) is 5.92 Å². The van der Waals surface area contributed by atoms with Crippen LogP contribution < -0.4 is 0 Å². The number of phenols is 1. The summed E-state index contributed by atoms with van der Waals surface area (Å²) >= 11 is 5.97. The van der Waals surface area contributed by atoms with E-state index in [4.69, 9.17) is 16.7 Å². The van der Waals surface area contributed by atoms with Gasteiger partial charge < -0.3 is 10.2 Å². The highest BCUT2D eigenvalue weighted by Gasteiger charge is 2.17. The van der Waals surface area contributed by atoms with E-state index < -0.39 is 11.9 Å². The van der Waals surface area contributed by atoms with Crippen LogP contribution in [-0.2, 0) is 11.2 Å². The lowest BCUT2D eigenvalue weighted by molar-refractivity contribution is -0.141. The predicted molar refractivity (Wildman–Crippen MR) is 67.7 cm³/mol. The van der Waals surface area contributed by atoms with Crippen LogP contribution in [0.2, 0.25) is 5.02 Å². The quantitative estimate of drug-likeness (QED) is 0.868. The van der Waals surface area contributed by atoms with Crippen LogP contribution in [0.5, 0.6) is 5.75 Å². The zero-order valence-corrected chi connectivity index (χ0v) is 11.0. The SMILES string of the molecule is CC(Cc1cc(Cl)cc(C(C)C)c1O)C(=O)O. The average molecular weight is 257 g/mol. The summed E-state index contributed by atoms with van der Waals surface area (Å²) in [6.07, 6.45) is 0.279. The lowest BCUT2D eigenvalue weighted by atomic mass is 9.94. The number of aromatic hydroxyl groups is 1. The second-order valence-electron chi connectivity index (χ2n) is 4.60. The number of carbonyl (C=O) groups is 1. The van der Waals surface area contributed by atoms with Gasteiger partial charge in [0.25, 0.3) is 0 Å². The molecule has 0 heterocycles. The second-order valence-corrected chi connectivity index (χ2v) is 5.04. The molecule has 0 saturated carbocycles. The molecule has 1 atom stereocenters. The topological polar surface area (TPSA) is 57.5 Å². The van der Waals surface area contributed by atoms with Gasteiger partial charge in [-0.1, -0.05) is 32.4 Å². The molecule has 0 aromatic heterocycles. The van der Waals surface area contributed by atoms with Gasteiger partial charge in [0.05, 0.1) is 5.92 Å². The zero-order chi connectivity index (χ0) is 13.2. The van der Waals surface area contributed by atoms with Gasteiger partial charge in [-0.25, -0.2) is 0 Å². The largest absolute Gasteiger partial charge is 0.507 e. The van der Waals surface area contributed by atoms with Crippen LogP contribution in [0.15, 0.2) is 12.1 Å². The Morgan fingerprint density at radius 1 is 1.35 bits per heavy atom. The molecule has 0 radical (unpaired) electrons. The number of carboxylic acid groups (broad SMARTS) is 1. The van der Waals surface area contributed by atoms with Gasteiger partial charge in [0.1, 0.15) is 5.75 Å². The van der Waals surface area contributed by atoms with Gasteiger partial charge in [0, 0.05) is 5.02 Å². The van der Waals surface area contributed by atoms with Gasteiger partial charge in [0.15, 0.2) is 0 Å². The Bertz CT molecular complexity index is 427. The molecule has 0 bridgehead atoms. The van der Waals surface area contributed by atoms with Crippen molar-refractivity contribution in [3.05, 3.63) is 28.3 Å². The van der Waals surface area contributed by atoms with Gasteiger partial charge in [-0.05, 0) is 35.6 Å². The van der Waals surface area contributed by atoms with Crippen molar-refractivity contribution in [2.45, 2.75) is 33.1 Å². The summed E-state index contributed by atoms with van der Waals surface area (Å²) in [5.74, 6) is -1.11. The van der Waals surface area contributed by atoms with E-state index in [0.29, 0.717) is 10.6 Å². The first-order chi connectivity index (χ1) is 7.82. The van der Waals surface area contributed by atoms with Crippen LogP contribution in [0.4, 0.5) is 0 Å². The fourth-order valence-electron chi connectivity index (χ4n) is 1.69. The van der Waals surface area contributed by atoms with Gasteiger partial charge in [0.2, 0.25) is 0 Å². The van der Waals surface area contributed by atoms with Crippen molar-refractivity contribution < 1.29 is 15.0 Å². The molecule has 94 valence electrons. The normalized spacial score (nSPS) is 12.8. The number of halogens is 1. The Morgan fingerprint density at radius 2 is 1.94 bits per heavy atom. The Morgan fingerprint density at radius 3 is 2.41 bits per heavy atom. The van der Waals surface area contributed by atoms with E-state index in [0.717, 1.165) is 5.56 Å². The highest BCUT2D eigenvalue weighted by molar-refractivity contribution is 6.30. The molecule has 1 rings (SSSR count). The van der Waals surface area contributed by atoms with E-state index in [2.05, 4.69) is 0 Å². The summed E-state index contributed by atoms with van der Waals surface area (Å²) in [5, 5.41) is 19.5. The average Bonchev–Trinajstić information content (AvgIpc) is 2.22. The van der Waals surface area contributed by atoms with Crippen molar-refractivity contribution in [1.82, 2.24) is 0 Å². The Kier molecular flexibility index (Phi) is 4.40. The highest BCUT2D eigenvalue weighted by Crippen LogP contribution is 2.33. The molecule has 1 aromatic rings. The maximum atomic E-state index is 10.8. The fourth-order valence-corrected chi connectivity index (χ4v) is 1.94. The van der Waals surface area contributed by atoms with Crippen molar-refractivity contribution in [3.63, 3.8) is 0 Å². The lowest BCUT2D eigenvalue weighted by Gasteiger charge is -2.14. The Hall–Kier alpha value is -1.22. The molecule has 0 aliphatic heterocycles. The zero-order valence-electron chi connectivity index (χ0n) is 10.2. The Labute approximate surface area is 106 Å². The minimum atomic E-state index is -0.879. The van der Waals surface area contributed by atoms with Crippen LogP contribution in [0.3, 0.4) is 0 Å². The number of carboxylic acids is 1. The van der Waals surface area contributed by atoms with E-state index >= 15 is 0 Å². The number of hydrogen-bond donors (Lipinski definition) is 2. The van der Waals surface area contributed by atoms with E-state index in [1.165, 1.54) is 0 Å². The molecule has 0 fully saturated rings. The van der Waals surface area contributed by atoms with Crippen LogP contribution >= 0.6 is 11.6 Å². The van der Waals surface area contributed by atoms with E-state index in [1.54, 1.807) is 19.1 Å². The first kappa shape index (κ1) is 13.8. The van der Waals surface area contributed by atoms with Gasteiger partial charge in [-0.2, -0.15) is 0 Å². The van der Waals surface area contributed by atoms with Gasteiger partial charge >= 0.3 is 5.97 Å². The lowest BCUT2D eigenvalue weighted by Crippen LogP contribution is -2.12. The number of rotatable bonds is 4. The van der Waals surface area contributed by atoms with Gasteiger partial charge in [-0.3, -0.25) is 4.79 Å². The summed E-state index contributed by atoms with van der Waals surface area (Å²) < 4.78 is 0. The van der Waals surface area contributed by atoms with E-state index in [9.17, 15) is 9.90 Å². The van der Waals surface area contributed by atoms with E-state index in [1.807, 2.05) is 13.8 Å². The highest BCUT2D eigenvalue weighted by atomic mass is 35.5. The standard InChI is InChI=1S/C13H17ClO3/c1-7(2)11-6-10(14)5-9(12(11)15)4-8(3)13(16)17/h5-8,15H,4H2,1-3H3,(H,16,17). The monoisotopic (exact) mass is 256 g/mol. The van der Waals surface area contributed by atoms with Crippen molar-refractivity contribution in [2.75, 3.05) is 0 Å². The first-order valence-corrected chi connectivity index (χ1v) is 5.94. The molecule has 4 heteroatoms. The summed E-state index contributed by atoms with van der Waals surface area (Å²) in [6, 6.07) is 3.35. The van der Waals surface area contributed by atoms with Crippen molar-refractivity contribution in [1.29, 1.82) is 0 Å². The van der Waals surface area contributed by atoms with E-state index in [-0.39, 0.29) is 18.1 Å². The van der Waals surface area contributed by atoms with Crippen molar-refractivity contribution >= 4 is 17.6 Å². The third kappa shape index (κ3) is 3.37. The molecule has 0 saturated heterocycles. The van der Waals surface area contributed by atoms with Crippen LogP contribution in [0.1, 0.15) is 37.8 Å². The van der Waals surface area contributed by atoms with Crippen LogP contribution in [-0.4, -0.2) is 16.2 Å². The minimum Gasteiger partial charge on any atom is -0.507 e. The number of benzene rings is 1. The maximum absolute atomic E-state index is 10.8. The molecular weight excluding hydrogens is 240 g/mol. The summed E-state index contributed by atoms with van der Waals surface area (Å²) in [4.78, 5) is 10.8. The Balaban J connectivity index is 3.11. The molecule has 0 amide bonds. The molecule has 1 aromatic carbocycles. The first-order valence-electron chi connectivity index (χ1n) is 5.57. The fraction of sp³-hybridized carbons (Fsp3) is 0.462. The number of aliphatic carboxylic acids is 1. The van der Waals surface area contributed by atoms with Crippen LogP contribution in [0, 0.1) is 5.92 Å². The maximum Gasteiger partial charge on any atom is 0.306 e. The number of hydrogen-bond acceptors (Lipinski definition) is 2. The smallest absolute Gasteiger partial charge is 0.306 e. The molecule has 3 nitrogen and oxygen atoms in total. The van der Waals surface area contributed by atoms with Crippen LogP contribution in [0.25, 0.3) is 0 Å². The third-order valence-electron chi connectivity index (χ3n) is 2.75. The van der Waals surface area contributed by atoms with Crippen molar-refractivity contribution in [3.8, 4) is 5.75 Å². The molecular formula is C13H17ClO3. The molecule has 17 heavy (non-hydrogen) atoms. The predicted octanol–water partition coefficient (Wildman–Crippen LogP) is 3.43. The molecule has 0 aliphatic rings. The second kappa shape index (κ2) is 5.41. The molecule has 2 N–H and O–H groups in total. The summed E-state index contributed by atoms with van der Waals surface area (Å²) in [7, 11) is 0. The van der Waals surface area contributed by atoms with Gasteiger partial charge in [-0.15, -0.1) is 0 Å². The number of phenolic OH excluding ortho intramolecular Hbond substituents is 1.